The average molecular weight is 1020 g/mol. The zero-order valence-electron chi connectivity index (χ0n) is 41.2. The fourth-order valence-electron chi connectivity index (χ4n) is 9.58. The van der Waals surface area contributed by atoms with Crippen LogP contribution >= 0.6 is 0 Å². The Morgan fingerprint density at radius 3 is 2.14 bits per heavy atom. The minimum atomic E-state index is -4.98. The molecule has 5 amide bonds. The third kappa shape index (κ3) is 10.3. The smallest absolute Gasteiger partial charge is 0.408 e. The summed E-state index contributed by atoms with van der Waals surface area (Å²) in [5, 5.41) is 5.69. The zero-order chi connectivity index (χ0) is 52.5. The molecule has 1 aliphatic heterocycles. The fourth-order valence-corrected chi connectivity index (χ4v) is 11.0. The number of nitrogens with two attached hydrogens (primary N) is 1. The lowest BCUT2D eigenvalue weighted by Gasteiger charge is -2.32. The van der Waals surface area contributed by atoms with Crippen LogP contribution in [0.15, 0.2) is 151 Å². The first-order valence-corrected chi connectivity index (χ1v) is 25.5. The van der Waals surface area contributed by atoms with Crippen molar-refractivity contribution in [3.05, 3.63) is 157 Å². The number of alkyl carbamates (subject to hydrolysis) is 2. The van der Waals surface area contributed by atoms with Gasteiger partial charge in [0.15, 0.2) is 0 Å². The van der Waals surface area contributed by atoms with Gasteiger partial charge in [0, 0.05) is 41.3 Å². The Kier molecular flexibility index (Phi) is 14.0. The van der Waals surface area contributed by atoms with Crippen LogP contribution in [0.3, 0.4) is 0 Å². The molecule has 1 saturated carbocycles. The van der Waals surface area contributed by atoms with Gasteiger partial charge in [-0.05, 0) is 73.7 Å². The van der Waals surface area contributed by atoms with E-state index in [2.05, 4.69) is 17.2 Å². The predicted octanol–water partition coefficient (Wildman–Crippen LogP) is 7.34. The standard InChI is InChI=1S/C56H56N6O11S/c1-6-35-30-56(35,57)52(65)62(74(68,69)38-19-11-8-12-20-38)51(64)48-28-37(72-49-29-45(34-17-9-7-10-18-34)59-46-27-36(70-5)25-26-43(46)49)32-61(48)50(63)47(60-54(67)73-55(2,3)4)31-58-53(66)71-33-44-41-23-15-13-21-39(41)40-22-14-16-24-42(40)44/h6-27,29,35,37,44,47-48H,1,28,30-33,57H2,2-5H3,(H,58,66)(H,60,67)/t35-,37?,47+,48+,56-/m1/s1. The summed E-state index contributed by atoms with van der Waals surface area (Å²) in [6, 6.07) is 35.4. The number of methoxy groups -OCH3 is 1. The Morgan fingerprint density at radius 1 is 0.878 bits per heavy atom. The second-order valence-electron chi connectivity index (χ2n) is 19.5. The summed E-state index contributed by atoms with van der Waals surface area (Å²) in [5.74, 6) is -3.57. The van der Waals surface area contributed by atoms with Crippen molar-refractivity contribution in [3.63, 3.8) is 0 Å². The molecule has 5 aromatic carbocycles. The molecule has 1 unspecified atom stereocenters. The van der Waals surface area contributed by atoms with Crippen LogP contribution < -0.4 is 25.8 Å². The predicted molar refractivity (Wildman–Crippen MR) is 275 cm³/mol. The molecule has 4 N–H and O–H groups in total. The number of ether oxygens (including phenoxy) is 4. The number of imide groups is 1. The molecule has 18 heteroatoms. The van der Waals surface area contributed by atoms with Crippen molar-refractivity contribution in [1.29, 1.82) is 0 Å². The number of amides is 5. The summed E-state index contributed by atoms with van der Waals surface area (Å²) < 4.78 is 53.0. The Morgan fingerprint density at radius 2 is 1.51 bits per heavy atom. The van der Waals surface area contributed by atoms with Gasteiger partial charge in [-0.2, -0.15) is 4.31 Å². The number of carbonyl (C=O) groups is 5. The molecule has 5 atom stereocenters. The molecule has 1 saturated heterocycles. The average Bonchev–Trinajstić information content (AvgIpc) is 3.74. The molecule has 2 fully saturated rings. The molecular formula is C56H56N6O11S. The van der Waals surface area contributed by atoms with E-state index in [4.69, 9.17) is 29.7 Å². The molecule has 0 radical (unpaired) electrons. The van der Waals surface area contributed by atoms with E-state index in [1.165, 1.54) is 37.5 Å². The number of fused-ring (bicyclic) bond motifs is 4. The van der Waals surface area contributed by atoms with Crippen molar-refractivity contribution >= 4 is 50.8 Å². The number of nitrogens with one attached hydrogen (secondary N) is 2. The largest absolute Gasteiger partial charge is 0.497 e. The summed E-state index contributed by atoms with van der Waals surface area (Å²) in [6.07, 6.45) is -1.92. The number of sulfonamides is 1. The van der Waals surface area contributed by atoms with Gasteiger partial charge in [0.2, 0.25) is 5.91 Å². The van der Waals surface area contributed by atoms with Gasteiger partial charge in [-0.1, -0.05) is 103 Å². The third-order valence-electron chi connectivity index (χ3n) is 13.4. The molecule has 3 aliphatic rings. The van der Waals surface area contributed by atoms with Gasteiger partial charge < -0.3 is 40.2 Å². The molecule has 2 heterocycles. The first kappa shape index (κ1) is 50.8. The van der Waals surface area contributed by atoms with E-state index in [0.29, 0.717) is 28.1 Å². The van der Waals surface area contributed by atoms with Crippen molar-refractivity contribution in [3.8, 4) is 33.9 Å². The number of carbonyl (C=O) groups excluding carboxylic acids is 5. The van der Waals surface area contributed by atoms with Crippen LogP contribution in [0.2, 0.25) is 0 Å². The van der Waals surface area contributed by atoms with Crippen molar-refractivity contribution in [2.75, 3.05) is 26.8 Å². The lowest BCUT2D eigenvalue weighted by atomic mass is 9.98. The highest BCUT2D eigenvalue weighted by molar-refractivity contribution is 7.90. The van der Waals surface area contributed by atoms with Gasteiger partial charge in [-0.15, -0.1) is 6.58 Å². The first-order chi connectivity index (χ1) is 35.4. The normalized spacial score (nSPS) is 19.3. The molecule has 382 valence electrons. The van der Waals surface area contributed by atoms with E-state index < -0.39 is 81.7 Å². The number of likely N-dealkylation sites (tertiary alicyclic amines) is 1. The van der Waals surface area contributed by atoms with Crippen molar-refractivity contribution in [2.45, 2.75) is 73.8 Å². The molecule has 0 spiro atoms. The number of aromatic nitrogens is 1. The van der Waals surface area contributed by atoms with E-state index in [-0.39, 0.29) is 41.1 Å². The Labute approximate surface area is 428 Å². The highest BCUT2D eigenvalue weighted by Crippen LogP contribution is 2.46. The SMILES string of the molecule is C=C[C@@H]1C[C@]1(N)C(=O)N(C(=O)[C@@H]1CC(Oc2cc(-c3ccccc3)nc3cc(OC)ccc23)CN1C(=O)[C@H](CNC(=O)OCC1c2ccccc2-c2ccccc21)NC(=O)OC(C)(C)C)S(=O)(=O)c1ccccc1. The highest BCUT2D eigenvalue weighted by atomic mass is 32.2. The topological polar surface area (TPSA) is 226 Å². The Hall–Kier alpha value is -8.09. The summed E-state index contributed by atoms with van der Waals surface area (Å²) in [7, 11) is -3.46. The summed E-state index contributed by atoms with van der Waals surface area (Å²) in [6.45, 7) is 7.60. The second-order valence-corrected chi connectivity index (χ2v) is 21.2. The molecule has 17 nitrogen and oxygen atoms in total. The van der Waals surface area contributed by atoms with Gasteiger partial charge in [0.25, 0.3) is 21.8 Å². The maximum absolute atomic E-state index is 15.4. The monoisotopic (exact) mass is 1020 g/mol. The fraction of sp³-hybridized carbons (Fsp3) is 0.286. The minimum Gasteiger partial charge on any atom is -0.497 e. The van der Waals surface area contributed by atoms with Crippen LogP contribution in [-0.2, 0) is 33.9 Å². The number of pyridine rings is 1. The van der Waals surface area contributed by atoms with Gasteiger partial charge in [0.05, 0.1) is 36.3 Å². The van der Waals surface area contributed by atoms with Crippen LogP contribution in [0, 0.1) is 5.92 Å². The number of rotatable bonds is 15. The summed E-state index contributed by atoms with van der Waals surface area (Å²) in [5.41, 5.74) is 9.48. The molecule has 0 bridgehead atoms. The number of nitrogens with zero attached hydrogens (tertiary/aromatic N) is 3. The van der Waals surface area contributed by atoms with Crippen molar-refractivity contribution in [2.24, 2.45) is 11.7 Å². The van der Waals surface area contributed by atoms with E-state index in [0.717, 1.165) is 32.7 Å². The van der Waals surface area contributed by atoms with Crippen molar-refractivity contribution < 1.29 is 51.3 Å². The van der Waals surface area contributed by atoms with Crippen LogP contribution in [-0.4, -0.2) is 109 Å². The zero-order valence-corrected chi connectivity index (χ0v) is 42.0. The van der Waals surface area contributed by atoms with Gasteiger partial charge in [-0.3, -0.25) is 14.4 Å². The number of hydrogen-bond acceptors (Lipinski definition) is 13. The van der Waals surface area contributed by atoms with Crippen molar-refractivity contribution in [1.82, 2.24) is 24.8 Å². The first-order valence-electron chi connectivity index (χ1n) is 24.1. The minimum absolute atomic E-state index is 0.00947. The van der Waals surface area contributed by atoms with Crippen LogP contribution in [0.5, 0.6) is 11.5 Å². The molecular weight excluding hydrogens is 965 g/mol. The van der Waals surface area contributed by atoms with E-state index in [1.54, 1.807) is 51.1 Å². The van der Waals surface area contributed by atoms with Crippen LogP contribution in [0.25, 0.3) is 33.3 Å². The highest BCUT2D eigenvalue weighted by Gasteiger charge is 2.61. The summed E-state index contributed by atoms with van der Waals surface area (Å²) >= 11 is 0. The summed E-state index contributed by atoms with van der Waals surface area (Å²) in [4.78, 5) is 78.0. The van der Waals surface area contributed by atoms with E-state index >= 15 is 9.59 Å². The Bertz CT molecular complexity index is 3230. The van der Waals surface area contributed by atoms with Crippen LogP contribution in [0.1, 0.15) is 50.7 Å². The van der Waals surface area contributed by atoms with Gasteiger partial charge >= 0.3 is 12.2 Å². The number of hydrogen-bond donors (Lipinski definition) is 3. The molecule has 9 rings (SSSR count). The van der Waals surface area contributed by atoms with E-state index in [1.807, 2.05) is 78.9 Å². The maximum Gasteiger partial charge on any atom is 0.408 e. The molecule has 6 aromatic rings. The Balaban J connectivity index is 1.06. The maximum atomic E-state index is 15.4. The lowest BCUT2D eigenvalue weighted by Crippen LogP contribution is -2.60. The van der Waals surface area contributed by atoms with Gasteiger partial charge in [-0.25, -0.2) is 23.0 Å². The molecule has 74 heavy (non-hydrogen) atoms. The number of benzene rings is 5. The van der Waals surface area contributed by atoms with E-state index in [9.17, 15) is 22.8 Å². The molecule has 1 aromatic heterocycles. The van der Waals surface area contributed by atoms with Crippen LogP contribution in [0.4, 0.5) is 9.59 Å². The van der Waals surface area contributed by atoms with Gasteiger partial charge in [0.1, 0.15) is 47.4 Å². The third-order valence-corrected chi connectivity index (χ3v) is 15.1. The quantitative estimate of drug-likeness (QED) is 0.0677. The lowest BCUT2D eigenvalue weighted by molar-refractivity contribution is -0.147. The second kappa shape index (κ2) is 20.4. The molecule has 2 aliphatic carbocycles.